The van der Waals surface area contributed by atoms with Gasteiger partial charge in [0.2, 0.25) is 5.91 Å². The molecule has 2 aliphatic rings. The van der Waals surface area contributed by atoms with Gasteiger partial charge in [0.15, 0.2) is 0 Å². The molecule has 1 saturated carbocycles. The Balaban J connectivity index is 1.69. The Labute approximate surface area is 110 Å². The molecule has 2 rings (SSSR count). The van der Waals surface area contributed by atoms with Crippen molar-refractivity contribution in [3.63, 3.8) is 0 Å². The van der Waals surface area contributed by atoms with E-state index in [9.17, 15) is 4.79 Å². The van der Waals surface area contributed by atoms with Crippen LogP contribution >= 0.6 is 0 Å². The van der Waals surface area contributed by atoms with Gasteiger partial charge in [0.1, 0.15) is 6.61 Å². The van der Waals surface area contributed by atoms with Crippen LogP contribution in [-0.2, 0) is 9.53 Å². The van der Waals surface area contributed by atoms with Gasteiger partial charge < -0.3 is 15.0 Å². The van der Waals surface area contributed by atoms with Gasteiger partial charge in [-0.2, -0.15) is 0 Å². The molecule has 0 unspecified atom stereocenters. The average Bonchev–Trinajstić information content (AvgIpc) is 3.21. The third-order valence-corrected chi connectivity index (χ3v) is 3.75. The number of hydrogen-bond donors (Lipinski definition) is 1. The Morgan fingerprint density at radius 1 is 1.28 bits per heavy atom. The number of hydrogen-bond acceptors (Lipinski definition) is 3. The molecule has 1 saturated heterocycles. The van der Waals surface area contributed by atoms with Gasteiger partial charge in [-0.05, 0) is 51.1 Å². The number of ether oxygens (including phenoxy) is 1. The van der Waals surface area contributed by atoms with Crippen LogP contribution in [0.25, 0.3) is 0 Å². The minimum Gasteiger partial charge on any atom is -0.368 e. The monoisotopic (exact) mass is 254 g/mol. The zero-order chi connectivity index (χ0) is 12.8. The highest BCUT2D eigenvalue weighted by molar-refractivity contribution is 5.77. The van der Waals surface area contributed by atoms with E-state index in [0.29, 0.717) is 0 Å². The maximum Gasteiger partial charge on any atom is 0.248 e. The summed E-state index contributed by atoms with van der Waals surface area (Å²) in [7, 11) is 0. The summed E-state index contributed by atoms with van der Waals surface area (Å²) in [5.74, 6) is 0.946. The normalized spacial score (nSPS) is 20.9. The van der Waals surface area contributed by atoms with Crippen LogP contribution < -0.4 is 5.32 Å². The predicted molar refractivity (Wildman–Crippen MR) is 71.4 cm³/mol. The SMILES string of the molecule is CCCN(CC1CC1)C(=O)COC1CCNCC1. The molecule has 1 amide bonds. The summed E-state index contributed by atoms with van der Waals surface area (Å²) in [4.78, 5) is 14.1. The highest BCUT2D eigenvalue weighted by atomic mass is 16.5. The second-order valence-corrected chi connectivity index (χ2v) is 5.54. The van der Waals surface area contributed by atoms with Crippen LogP contribution in [0.3, 0.4) is 0 Å². The average molecular weight is 254 g/mol. The van der Waals surface area contributed by atoms with E-state index in [2.05, 4.69) is 12.2 Å². The lowest BCUT2D eigenvalue weighted by Crippen LogP contribution is -2.39. The van der Waals surface area contributed by atoms with Crippen molar-refractivity contribution in [3.8, 4) is 0 Å². The van der Waals surface area contributed by atoms with Crippen molar-refractivity contribution in [3.05, 3.63) is 0 Å². The quantitative estimate of drug-likeness (QED) is 0.747. The molecule has 0 spiro atoms. The van der Waals surface area contributed by atoms with Crippen molar-refractivity contribution in [2.24, 2.45) is 5.92 Å². The first-order chi connectivity index (χ1) is 8.79. The molecule has 1 aliphatic heterocycles. The van der Waals surface area contributed by atoms with Crippen molar-refractivity contribution in [2.45, 2.75) is 45.1 Å². The summed E-state index contributed by atoms with van der Waals surface area (Å²) < 4.78 is 5.74. The molecule has 4 heteroatoms. The molecule has 0 radical (unpaired) electrons. The van der Waals surface area contributed by atoms with E-state index in [1.165, 1.54) is 12.8 Å². The predicted octanol–water partition coefficient (Wildman–Crippen LogP) is 1.40. The molecule has 1 N–H and O–H groups in total. The van der Waals surface area contributed by atoms with Crippen LogP contribution in [0.5, 0.6) is 0 Å². The summed E-state index contributed by atoms with van der Waals surface area (Å²) in [6.45, 7) is 6.25. The number of carbonyl (C=O) groups is 1. The second kappa shape index (κ2) is 7.10. The lowest BCUT2D eigenvalue weighted by molar-refractivity contribution is -0.139. The Morgan fingerprint density at radius 2 is 2.00 bits per heavy atom. The van der Waals surface area contributed by atoms with Gasteiger partial charge in [0.25, 0.3) is 0 Å². The summed E-state index contributed by atoms with van der Waals surface area (Å²) >= 11 is 0. The third kappa shape index (κ3) is 4.58. The van der Waals surface area contributed by atoms with Crippen molar-refractivity contribution in [2.75, 3.05) is 32.8 Å². The summed E-state index contributed by atoms with van der Waals surface area (Å²) in [6.07, 6.45) is 5.96. The van der Waals surface area contributed by atoms with Gasteiger partial charge in [0, 0.05) is 13.1 Å². The number of piperidine rings is 1. The molecule has 0 aromatic heterocycles. The fourth-order valence-electron chi connectivity index (χ4n) is 2.44. The van der Waals surface area contributed by atoms with E-state index >= 15 is 0 Å². The molecule has 0 aromatic rings. The molecule has 1 heterocycles. The maximum atomic E-state index is 12.1. The Kier molecular flexibility index (Phi) is 5.45. The Hall–Kier alpha value is -0.610. The van der Waals surface area contributed by atoms with Crippen LogP contribution in [0.15, 0.2) is 0 Å². The molecular weight excluding hydrogens is 228 g/mol. The first-order valence-electron chi connectivity index (χ1n) is 7.39. The first-order valence-corrected chi connectivity index (χ1v) is 7.39. The molecule has 1 aliphatic carbocycles. The van der Waals surface area contributed by atoms with Crippen LogP contribution in [-0.4, -0.2) is 49.7 Å². The second-order valence-electron chi connectivity index (χ2n) is 5.54. The number of carbonyl (C=O) groups excluding carboxylic acids is 1. The van der Waals surface area contributed by atoms with Crippen molar-refractivity contribution < 1.29 is 9.53 Å². The zero-order valence-corrected chi connectivity index (χ0v) is 11.5. The number of nitrogens with zero attached hydrogens (tertiary/aromatic N) is 1. The fourth-order valence-corrected chi connectivity index (χ4v) is 2.44. The van der Waals surface area contributed by atoms with E-state index in [-0.39, 0.29) is 18.6 Å². The van der Waals surface area contributed by atoms with Crippen LogP contribution in [0.1, 0.15) is 39.0 Å². The van der Waals surface area contributed by atoms with Crippen molar-refractivity contribution >= 4 is 5.91 Å². The summed E-state index contributed by atoms with van der Waals surface area (Å²) in [5, 5.41) is 3.30. The minimum absolute atomic E-state index is 0.183. The zero-order valence-electron chi connectivity index (χ0n) is 11.5. The van der Waals surface area contributed by atoms with Gasteiger partial charge in [-0.3, -0.25) is 4.79 Å². The van der Waals surface area contributed by atoms with E-state index in [1.54, 1.807) is 0 Å². The number of amides is 1. The molecule has 0 atom stereocenters. The van der Waals surface area contributed by atoms with E-state index in [4.69, 9.17) is 4.74 Å². The van der Waals surface area contributed by atoms with Gasteiger partial charge in [0.05, 0.1) is 6.10 Å². The molecule has 104 valence electrons. The standard InChI is InChI=1S/C14H26N2O2/c1-2-9-16(10-12-3-4-12)14(17)11-18-13-5-7-15-8-6-13/h12-13,15H,2-11H2,1H3. The van der Waals surface area contributed by atoms with Crippen molar-refractivity contribution in [1.82, 2.24) is 10.2 Å². The number of nitrogens with one attached hydrogen (secondary N) is 1. The molecule has 2 fully saturated rings. The first kappa shape index (κ1) is 13.8. The summed E-state index contributed by atoms with van der Waals surface area (Å²) in [5.41, 5.74) is 0. The van der Waals surface area contributed by atoms with Gasteiger partial charge in [-0.25, -0.2) is 0 Å². The topological polar surface area (TPSA) is 41.6 Å². The lowest BCUT2D eigenvalue weighted by Gasteiger charge is -2.26. The van der Waals surface area contributed by atoms with Crippen LogP contribution in [0.2, 0.25) is 0 Å². The fraction of sp³-hybridized carbons (Fsp3) is 0.929. The van der Waals surface area contributed by atoms with Gasteiger partial charge in [-0.15, -0.1) is 0 Å². The number of rotatable bonds is 7. The van der Waals surface area contributed by atoms with Crippen molar-refractivity contribution in [1.29, 1.82) is 0 Å². The molecule has 4 nitrogen and oxygen atoms in total. The molecule has 18 heavy (non-hydrogen) atoms. The van der Waals surface area contributed by atoms with Gasteiger partial charge in [-0.1, -0.05) is 6.92 Å². The van der Waals surface area contributed by atoms with E-state index in [0.717, 1.165) is 51.4 Å². The van der Waals surface area contributed by atoms with E-state index in [1.807, 2.05) is 4.90 Å². The Bertz CT molecular complexity index is 261. The minimum atomic E-state index is 0.183. The highest BCUT2D eigenvalue weighted by Gasteiger charge is 2.26. The molecular formula is C14H26N2O2. The maximum absolute atomic E-state index is 12.1. The lowest BCUT2D eigenvalue weighted by atomic mass is 10.1. The molecule has 0 bridgehead atoms. The third-order valence-electron chi connectivity index (χ3n) is 3.75. The van der Waals surface area contributed by atoms with Gasteiger partial charge >= 0.3 is 0 Å². The summed E-state index contributed by atoms with van der Waals surface area (Å²) in [6, 6.07) is 0. The smallest absolute Gasteiger partial charge is 0.248 e. The van der Waals surface area contributed by atoms with Crippen LogP contribution in [0.4, 0.5) is 0 Å². The molecule has 0 aromatic carbocycles. The Morgan fingerprint density at radius 3 is 2.61 bits per heavy atom. The largest absolute Gasteiger partial charge is 0.368 e. The van der Waals surface area contributed by atoms with E-state index < -0.39 is 0 Å². The van der Waals surface area contributed by atoms with Crippen LogP contribution in [0, 0.1) is 5.92 Å². The highest BCUT2D eigenvalue weighted by Crippen LogP contribution is 2.29.